The summed E-state index contributed by atoms with van der Waals surface area (Å²) in [5.74, 6) is 3.58. The summed E-state index contributed by atoms with van der Waals surface area (Å²) in [6, 6.07) is 6.39. The van der Waals surface area contributed by atoms with Gasteiger partial charge >= 0.3 is 23.2 Å². The van der Waals surface area contributed by atoms with E-state index in [2.05, 4.69) is 33.8 Å². The zero-order valence-electron chi connectivity index (χ0n) is 40.3. The van der Waals surface area contributed by atoms with Crippen LogP contribution in [-0.4, -0.2) is 40.9 Å². The summed E-state index contributed by atoms with van der Waals surface area (Å²) in [6.45, 7) is 15.2. The molecular weight excluding hydrogens is 819 g/mol. The predicted molar refractivity (Wildman–Crippen MR) is 249 cm³/mol. The van der Waals surface area contributed by atoms with Crippen LogP contribution in [0.3, 0.4) is 0 Å². The van der Waals surface area contributed by atoms with Gasteiger partial charge in [-0.25, -0.2) is 9.59 Å². The Balaban J connectivity index is 0.000000164. The highest BCUT2D eigenvalue weighted by molar-refractivity contribution is 5.75. The minimum atomic E-state index is -0.675. The molecule has 0 saturated heterocycles. The second-order valence-corrected chi connectivity index (χ2v) is 23.7. The molecule has 16 atom stereocenters. The molecule has 2 heterocycles. The van der Waals surface area contributed by atoms with E-state index in [1.165, 1.54) is 31.7 Å². The van der Waals surface area contributed by atoms with Gasteiger partial charge in [-0.1, -0.05) is 53.2 Å². The van der Waals surface area contributed by atoms with E-state index in [4.69, 9.17) is 24.0 Å². The Bertz CT molecular complexity index is 2220. The molecule has 0 radical (unpaired) electrons. The Kier molecular flexibility index (Phi) is 12.4. The number of carbonyl (C=O) groups is 2. The van der Waals surface area contributed by atoms with Crippen LogP contribution in [0.1, 0.15) is 181 Å². The van der Waals surface area contributed by atoms with Gasteiger partial charge in [-0.15, -0.1) is 0 Å². The molecule has 8 aliphatic carbocycles. The lowest BCUT2D eigenvalue weighted by Crippen LogP contribution is -2.62. The number of rotatable bonds is 6. The van der Waals surface area contributed by atoms with Gasteiger partial charge < -0.3 is 29.1 Å². The fourth-order valence-electron chi connectivity index (χ4n) is 16.7. The second-order valence-electron chi connectivity index (χ2n) is 23.7. The topological polar surface area (TPSA) is 159 Å². The highest BCUT2D eigenvalue weighted by Gasteiger charge is 2.67. The van der Waals surface area contributed by atoms with Crippen molar-refractivity contribution in [1.29, 1.82) is 0 Å². The molecule has 0 amide bonds. The SMILES string of the molecule is CC(C)C(=O)O[C@H]1CC[C@@]2(C)[C@H](CC[C@@H]3[C@@H]2CC[C@]2(C)[C@@H](c4ccc(=O)oc4)CC[C@]32O)C1.C[C@H](N)C(=O)O[C@H]1CC[C@@]2(C)[C@H](CC[C@H]3C4=CC[C@H](c5ccc(=O)oc5)[C@@]4(C)CC[C@@H]32)C1. The van der Waals surface area contributed by atoms with Crippen LogP contribution < -0.4 is 17.0 Å². The normalized spacial score (nSPS) is 43.1. The molecule has 7 fully saturated rings. The number of hydrogen-bond donors (Lipinski definition) is 2. The molecule has 0 unspecified atom stereocenters. The highest BCUT2D eigenvalue weighted by Crippen LogP contribution is 2.71. The summed E-state index contributed by atoms with van der Waals surface area (Å²) >= 11 is 0. The molecule has 10 rings (SSSR count). The maximum absolute atomic E-state index is 12.3. The molecule has 2 aromatic rings. The van der Waals surface area contributed by atoms with Crippen LogP contribution in [0, 0.1) is 63.1 Å². The third kappa shape index (κ3) is 7.84. The monoisotopic (exact) mass is 896 g/mol. The van der Waals surface area contributed by atoms with Crippen LogP contribution in [-0.2, 0) is 19.1 Å². The maximum atomic E-state index is 12.3. The van der Waals surface area contributed by atoms with Crippen LogP contribution in [0.2, 0.25) is 0 Å². The Hall–Kier alpha value is -3.50. The van der Waals surface area contributed by atoms with Crippen molar-refractivity contribution in [1.82, 2.24) is 0 Å². The summed E-state index contributed by atoms with van der Waals surface area (Å²) < 4.78 is 22.0. The first-order valence-corrected chi connectivity index (χ1v) is 25.6. The summed E-state index contributed by atoms with van der Waals surface area (Å²) in [4.78, 5) is 47.1. The quantitative estimate of drug-likeness (QED) is 0.211. The number of aliphatic hydroxyl groups is 1. The van der Waals surface area contributed by atoms with Crippen LogP contribution in [0.15, 0.2) is 66.9 Å². The number of carbonyl (C=O) groups excluding carboxylic acids is 2. The molecule has 10 nitrogen and oxygen atoms in total. The second kappa shape index (κ2) is 17.2. The summed E-state index contributed by atoms with van der Waals surface area (Å²) in [5.41, 5.74) is 8.82. The largest absolute Gasteiger partial charge is 0.462 e. The highest BCUT2D eigenvalue weighted by atomic mass is 16.5. The van der Waals surface area contributed by atoms with Crippen LogP contribution in [0.25, 0.3) is 0 Å². The zero-order valence-corrected chi connectivity index (χ0v) is 40.3. The van der Waals surface area contributed by atoms with E-state index in [1.807, 2.05) is 26.0 Å². The molecule has 3 N–H and O–H groups in total. The van der Waals surface area contributed by atoms with E-state index >= 15 is 0 Å². The van der Waals surface area contributed by atoms with E-state index in [0.29, 0.717) is 46.8 Å². The Labute approximate surface area is 386 Å². The summed E-state index contributed by atoms with van der Waals surface area (Å²) in [5, 5.41) is 12.3. The third-order valence-electron chi connectivity index (χ3n) is 20.5. The molecule has 356 valence electrons. The Morgan fingerprint density at radius 3 is 1.82 bits per heavy atom. The number of nitrogens with two attached hydrogens (primary N) is 1. The minimum absolute atomic E-state index is 0.0276. The van der Waals surface area contributed by atoms with Crippen molar-refractivity contribution >= 4 is 11.9 Å². The standard InChI is InChI=1S/C28H40O5.C27H37NO4/c1-17(2)25(30)33-20-9-12-26(3)19(15-20)6-7-23-22(26)10-13-27(4)21(11-14-28(23,27)31)18-5-8-24(29)32-16-18;1-16(28)25(30)32-19-10-12-26(2)18(14-19)5-6-20-22-8-7-21(17-4-9-24(29)31-15-17)27(22,3)13-11-23(20)26/h5,8,16-17,19-23,31H,6-7,9-15H2,1-4H3;4,8-9,15-16,18-21,23H,5-7,10-14,28H2,1-3H3/t19-,20+,21-,22+,23-,26+,27-,28+;16-,18+,19-,20-,21+,23-,26-,27+/m10/s1. The fourth-order valence-corrected chi connectivity index (χ4v) is 16.7. The number of allylic oxidation sites excluding steroid dienone is 2. The van der Waals surface area contributed by atoms with Gasteiger partial charge in [0.25, 0.3) is 0 Å². The average Bonchev–Trinajstić information content (AvgIpc) is 3.77. The first-order valence-electron chi connectivity index (χ1n) is 25.6. The van der Waals surface area contributed by atoms with E-state index in [9.17, 15) is 24.3 Å². The van der Waals surface area contributed by atoms with Gasteiger partial charge in [0, 0.05) is 17.5 Å². The number of fused-ring (bicyclic) bond motifs is 10. The van der Waals surface area contributed by atoms with E-state index in [-0.39, 0.29) is 63.5 Å². The van der Waals surface area contributed by atoms with E-state index in [0.717, 1.165) is 94.6 Å². The molecular formula is C55H77NO9. The molecule has 0 bridgehead atoms. The summed E-state index contributed by atoms with van der Waals surface area (Å²) in [6.07, 6.45) is 24.0. The first-order chi connectivity index (χ1) is 30.8. The molecule has 0 aromatic carbocycles. The van der Waals surface area contributed by atoms with Gasteiger partial charge in [0.1, 0.15) is 18.2 Å². The molecule has 7 saturated carbocycles. The molecule has 0 aliphatic heterocycles. The minimum Gasteiger partial charge on any atom is -0.462 e. The maximum Gasteiger partial charge on any atom is 0.335 e. The molecule has 8 aliphatic rings. The first kappa shape index (κ1) is 46.6. The van der Waals surface area contributed by atoms with Gasteiger partial charge in [-0.3, -0.25) is 9.59 Å². The number of esters is 2. The Morgan fingerprint density at radius 2 is 1.23 bits per heavy atom. The van der Waals surface area contributed by atoms with Gasteiger partial charge in [0.05, 0.1) is 24.0 Å². The van der Waals surface area contributed by atoms with Gasteiger partial charge in [0.2, 0.25) is 0 Å². The van der Waals surface area contributed by atoms with Crippen molar-refractivity contribution in [2.75, 3.05) is 0 Å². The molecule has 0 spiro atoms. The van der Waals surface area contributed by atoms with Crippen molar-refractivity contribution in [3.63, 3.8) is 0 Å². The van der Waals surface area contributed by atoms with Crippen LogP contribution in [0.5, 0.6) is 0 Å². The van der Waals surface area contributed by atoms with Gasteiger partial charge in [-0.2, -0.15) is 0 Å². The van der Waals surface area contributed by atoms with Crippen LogP contribution >= 0.6 is 0 Å². The van der Waals surface area contributed by atoms with Crippen molar-refractivity contribution in [2.45, 2.75) is 193 Å². The van der Waals surface area contributed by atoms with Crippen LogP contribution in [0.4, 0.5) is 0 Å². The lowest BCUT2D eigenvalue weighted by atomic mass is 9.43. The average molecular weight is 896 g/mol. The Morgan fingerprint density at radius 1 is 0.662 bits per heavy atom. The van der Waals surface area contributed by atoms with Crippen molar-refractivity contribution in [2.24, 2.45) is 68.8 Å². The summed E-state index contributed by atoms with van der Waals surface area (Å²) in [7, 11) is 0. The fraction of sp³-hybridized carbons (Fsp3) is 0.745. The third-order valence-corrected chi connectivity index (χ3v) is 20.5. The van der Waals surface area contributed by atoms with Gasteiger partial charge in [-0.05, 0) is 203 Å². The predicted octanol–water partition coefficient (Wildman–Crippen LogP) is 10.4. The molecule has 10 heteroatoms. The lowest BCUT2D eigenvalue weighted by molar-refractivity contribution is -0.207. The van der Waals surface area contributed by atoms with E-state index < -0.39 is 11.6 Å². The van der Waals surface area contributed by atoms with Crippen molar-refractivity contribution in [3.8, 4) is 0 Å². The van der Waals surface area contributed by atoms with E-state index in [1.54, 1.807) is 31.1 Å². The van der Waals surface area contributed by atoms with Crippen molar-refractivity contribution in [3.05, 3.63) is 80.4 Å². The lowest BCUT2D eigenvalue weighted by Gasteiger charge is -2.63. The smallest absolute Gasteiger partial charge is 0.335 e. The number of hydrogen-bond acceptors (Lipinski definition) is 10. The van der Waals surface area contributed by atoms with Crippen molar-refractivity contribution < 1.29 is 33.0 Å². The number of ether oxygens (including phenoxy) is 2. The molecule has 2 aromatic heterocycles. The zero-order chi connectivity index (χ0) is 46.3. The van der Waals surface area contributed by atoms with Gasteiger partial charge in [0.15, 0.2) is 0 Å². The molecule has 65 heavy (non-hydrogen) atoms.